The van der Waals surface area contributed by atoms with Crippen LogP contribution < -0.4 is 14.5 Å². The molecule has 0 saturated heterocycles. The maximum absolute atomic E-state index is 14.0. The highest BCUT2D eigenvalue weighted by Crippen LogP contribution is 2.36. The summed E-state index contributed by atoms with van der Waals surface area (Å²) in [5.74, 6) is -0.423. The van der Waals surface area contributed by atoms with Gasteiger partial charge in [-0.3, -0.25) is 24.0 Å². The van der Waals surface area contributed by atoms with Crippen LogP contribution in [0.3, 0.4) is 0 Å². The van der Waals surface area contributed by atoms with Crippen LogP contribution in [0, 0.1) is 6.92 Å². The van der Waals surface area contributed by atoms with Crippen LogP contribution in [0.2, 0.25) is 0 Å². The van der Waals surface area contributed by atoms with Gasteiger partial charge >= 0.3 is 0 Å². The first-order chi connectivity index (χ1) is 16.3. The molecule has 12 heteroatoms. The van der Waals surface area contributed by atoms with Gasteiger partial charge in [0.1, 0.15) is 5.75 Å². The van der Waals surface area contributed by atoms with Crippen molar-refractivity contribution in [2.75, 3.05) is 11.4 Å². The van der Waals surface area contributed by atoms with Crippen LogP contribution in [0.15, 0.2) is 59.8 Å². The standard InChI is InChI=1S/C22H22N6O5S/c1-14-19-20(18(22(29)26-30)12-24-21(19)27(2)25-14)28(13-15-6-4-5-11-23-15)34(31,32)17-9-7-16(33-3)8-10-17/h4-12,30H,13H2,1-3H3,(H,26,29). The molecule has 176 valence electrons. The summed E-state index contributed by atoms with van der Waals surface area (Å²) in [6, 6.07) is 11.0. The molecule has 0 aliphatic carbocycles. The number of ether oxygens (including phenoxy) is 1. The first-order valence-corrected chi connectivity index (χ1v) is 11.6. The number of amides is 1. The zero-order valence-corrected chi connectivity index (χ0v) is 19.4. The first-order valence-electron chi connectivity index (χ1n) is 10.1. The van der Waals surface area contributed by atoms with Gasteiger partial charge in [0.15, 0.2) is 5.65 Å². The molecule has 3 aromatic heterocycles. The van der Waals surface area contributed by atoms with Crippen LogP contribution in [0.4, 0.5) is 5.69 Å². The van der Waals surface area contributed by atoms with Gasteiger partial charge in [-0.25, -0.2) is 18.9 Å². The van der Waals surface area contributed by atoms with E-state index in [1.807, 2.05) is 0 Å². The topological polar surface area (TPSA) is 140 Å². The fourth-order valence-corrected chi connectivity index (χ4v) is 5.14. The van der Waals surface area contributed by atoms with E-state index in [4.69, 9.17) is 4.74 Å². The largest absolute Gasteiger partial charge is 0.497 e. The number of methoxy groups -OCH3 is 1. The second-order valence-corrected chi connectivity index (χ2v) is 9.24. The van der Waals surface area contributed by atoms with Crippen molar-refractivity contribution in [1.82, 2.24) is 25.2 Å². The Kier molecular flexibility index (Phi) is 6.18. The zero-order valence-electron chi connectivity index (χ0n) is 18.6. The third-order valence-electron chi connectivity index (χ3n) is 5.27. The molecule has 0 saturated carbocycles. The minimum atomic E-state index is -4.23. The molecule has 34 heavy (non-hydrogen) atoms. The number of anilines is 1. The average Bonchev–Trinajstić information content (AvgIpc) is 3.15. The molecule has 0 bridgehead atoms. The van der Waals surface area contributed by atoms with Crippen molar-refractivity contribution < 1.29 is 23.2 Å². The Morgan fingerprint density at radius 1 is 1.18 bits per heavy atom. The van der Waals surface area contributed by atoms with Crippen molar-refractivity contribution in [3.8, 4) is 5.75 Å². The van der Waals surface area contributed by atoms with Crippen molar-refractivity contribution in [2.24, 2.45) is 7.05 Å². The normalized spacial score (nSPS) is 11.4. The van der Waals surface area contributed by atoms with Gasteiger partial charge < -0.3 is 4.74 Å². The van der Waals surface area contributed by atoms with Crippen molar-refractivity contribution in [3.05, 3.63) is 71.8 Å². The molecule has 4 aromatic rings. The summed E-state index contributed by atoms with van der Waals surface area (Å²) in [7, 11) is -1.08. The highest BCUT2D eigenvalue weighted by atomic mass is 32.2. The monoisotopic (exact) mass is 482 g/mol. The van der Waals surface area contributed by atoms with Gasteiger partial charge in [0.05, 0.1) is 46.6 Å². The molecular formula is C22H22N6O5S. The molecule has 0 unspecified atom stereocenters. The first kappa shape index (κ1) is 23.1. The van der Waals surface area contributed by atoms with Crippen molar-refractivity contribution in [2.45, 2.75) is 18.4 Å². The summed E-state index contributed by atoms with van der Waals surface area (Å²) in [6.07, 6.45) is 2.76. The van der Waals surface area contributed by atoms with Crippen LogP contribution >= 0.6 is 0 Å². The number of hydrogen-bond acceptors (Lipinski definition) is 8. The molecule has 0 aliphatic rings. The smallest absolute Gasteiger partial charge is 0.278 e. The van der Waals surface area contributed by atoms with E-state index in [0.29, 0.717) is 28.2 Å². The molecule has 0 aliphatic heterocycles. The Morgan fingerprint density at radius 3 is 2.53 bits per heavy atom. The molecule has 4 rings (SSSR count). The van der Waals surface area contributed by atoms with Gasteiger partial charge in [-0.1, -0.05) is 6.07 Å². The van der Waals surface area contributed by atoms with E-state index in [2.05, 4.69) is 15.1 Å². The molecule has 0 spiro atoms. The second kappa shape index (κ2) is 9.08. The molecule has 0 radical (unpaired) electrons. The number of sulfonamides is 1. The quantitative estimate of drug-likeness (QED) is 0.302. The third-order valence-corrected chi connectivity index (χ3v) is 7.03. The third kappa shape index (κ3) is 4.04. The summed E-state index contributed by atoms with van der Waals surface area (Å²) in [4.78, 5) is 21.1. The summed E-state index contributed by atoms with van der Waals surface area (Å²) in [5.41, 5.74) is 2.75. The highest BCUT2D eigenvalue weighted by Gasteiger charge is 2.33. The number of pyridine rings is 2. The molecule has 1 amide bonds. The number of carbonyl (C=O) groups excluding carboxylic acids is 1. The lowest BCUT2D eigenvalue weighted by molar-refractivity contribution is 0.0707. The Bertz CT molecular complexity index is 1450. The van der Waals surface area contributed by atoms with Crippen LogP contribution in [0.5, 0.6) is 5.75 Å². The van der Waals surface area contributed by atoms with Gasteiger partial charge in [0.25, 0.3) is 15.9 Å². The van der Waals surface area contributed by atoms with Crippen LogP contribution in [-0.2, 0) is 23.6 Å². The van der Waals surface area contributed by atoms with Crippen molar-refractivity contribution in [3.63, 3.8) is 0 Å². The Balaban J connectivity index is 2.03. The van der Waals surface area contributed by atoms with E-state index in [9.17, 15) is 18.4 Å². The van der Waals surface area contributed by atoms with Gasteiger partial charge in [-0.2, -0.15) is 5.10 Å². The number of hydrogen-bond donors (Lipinski definition) is 2. The minimum Gasteiger partial charge on any atom is -0.497 e. The lowest BCUT2D eigenvalue weighted by atomic mass is 10.1. The highest BCUT2D eigenvalue weighted by molar-refractivity contribution is 7.92. The number of rotatable bonds is 7. The van der Waals surface area contributed by atoms with Gasteiger partial charge in [0.2, 0.25) is 0 Å². The zero-order chi connectivity index (χ0) is 24.5. The van der Waals surface area contributed by atoms with Crippen LogP contribution in [0.1, 0.15) is 21.7 Å². The van der Waals surface area contributed by atoms with E-state index in [1.165, 1.54) is 42.3 Å². The number of nitrogens with zero attached hydrogens (tertiary/aromatic N) is 5. The fourth-order valence-electron chi connectivity index (χ4n) is 3.68. The number of fused-ring (bicyclic) bond motifs is 1. The SMILES string of the molecule is COc1ccc(S(=O)(=O)N(Cc2ccccn2)c2c(C(=O)NO)cnc3c2c(C)nn3C)cc1. The van der Waals surface area contributed by atoms with Crippen molar-refractivity contribution in [1.29, 1.82) is 0 Å². The summed E-state index contributed by atoms with van der Waals surface area (Å²) < 4.78 is 35.7. The fraction of sp³-hybridized carbons (Fsp3) is 0.182. The Morgan fingerprint density at radius 2 is 1.91 bits per heavy atom. The lowest BCUT2D eigenvalue weighted by Crippen LogP contribution is -2.34. The maximum atomic E-state index is 14.0. The maximum Gasteiger partial charge on any atom is 0.278 e. The number of benzene rings is 1. The molecular weight excluding hydrogens is 460 g/mol. The molecule has 11 nitrogen and oxygen atoms in total. The predicted octanol–water partition coefficient (Wildman–Crippen LogP) is 2.19. The number of hydroxylamine groups is 1. The van der Waals surface area contributed by atoms with E-state index >= 15 is 0 Å². The molecule has 0 fully saturated rings. The summed E-state index contributed by atoms with van der Waals surface area (Å²) >= 11 is 0. The summed E-state index contributed by atoms with van der Waals surface area (Å²) in [6.45, 7) is 1.50. The molecule has 3 heterocycles. The number of aromatic nitrogens is 4. The summed E-state index contributed by atoms with van der Waals surface area (Å²) in [5, 5.41) is 14.1. The van der Waals surface area contributed by atoms with E-state index in [-0.39, 0.29) is 22.7 Å². The minimum absolute atomic E-state index is 0.0221. The lowest BCUT2D eigenvalue weighted by Gasteiger charge is -2.27. The number of carbonyl (C=O) groups is 1. The van der Waals surface area contributed by atoms with Gasteiger partial charge in [0, 0.05) is 19.4 Å². The van der Waals surface area contributed by atoms with Crippen LogP contribution in [0.25, 0.3) is 11.0 Å². The Labute approximate surface area is 195 Å². The Hall–Kier alpha value is -4.03. The second-order valence-electron chi connectivity index (χ2n) is 7.38. The predicted molar refractivity (Wildman–Crippen MR) is 123 cm³/mol. The molecule has 0 atom stereocenters. The van der Waals surface area contributed by atoms with E-state index in [1.54, 1.807) is 43.8 Å². The van der Waals surface area contributed by atoms with Gasteiger partial charge in [-0.05, 0) is 43.3 Å². The number of aryl methyl sites for hydroxylation is 2. The number of nitrogens with one attached hydrogen (secondary N) is 1. The van der Waals surface area contributed by atoms with Crippen LogP contribution in [-0.4, -0.2) is 46.4 Å². The van der Waals surface area contributed by atoms with Gasteiger partial charge in [-0.15, -0.1) is 0 Å². The van der Waals surface area contributed by atoms with E-state index in [0.717, 1.165) is 4.31 Å². The van der Waals surface area contributed by atoms with E-state index < -0.39 is 15.9 Å². The molecule has 1 aromatic carbocycles. The average molecular weight is 483 g/mol. The molecule has 2 N–H and O–H groups in total. The van der Waals surface area contributed by atoms with Crippen molar-refractivity contribution >= 4 is 32.7 Å².